The van der Waals surface area contributed by atoms with Crippen LogP contribution in [0.1, 0.15) is 5.56 Å². The zero-order valence-electron chi connectivity index (χ0n) is 8.34. The highest BCUT2D eigenvalue weighted by Crippen LogP contribution is 2.18. The molecule has 3 nitrogen and oxygen atoms in total. The molecule has 0 amide bonds. The van der Waals surface area contributed by atoms with Gasteiger partial charge in [0.05, 0.1) is 5.69 Å². The van der Waals surface area contributed by atoms with Crippen molar-refractivity contribution in [2.75, 3.05) is 5.73 Å². The molecule has 0 radical (unpaired) electrons. The summed E-state index contributed by atoms with van der Waals surface area (Å²) in [5.74, 6) is -3.77. The number of aromatic nitrogens is 2. The Morgan fingerprint density at radius 2 is 1.75 bits per heavy atom. The van der Waals surface area contributed by atoms with Crippen LogP contribution in [0.4, 0.5) is 19.0 Å². The maximum atomic E-state index is 12.9. The maximum Gasteiger partial charge on any atom is 0.194 e. The Labute approximate surface area is 89.3 Å². The Balaban J connectivity index is 2.56. The summed E-state index contributed by atoms with van der Waals surface area (Å²) in [6.45, 7) is 1.70. The van der Waals surface area contributed by atoms with E-state index in [1.54, 1.807) is 6.92 Å². The van der Waals surface area contributed by atoms with Gasteiger partial charge in [-0.05, 0) is 6.92 Å². The molecule has 0 aliphatic heterocycles. The van der Waals surface area contributed by atoms with Crippen molar-refractivity contribution < 1.29 is 13.2 Å². The third-order valence-corrected chi connectivity index (χ3v) is 2.17. The Morgan fingerprint density at radius 3 is 2.19 bits per heavy atom. The molecule has 84 valence electrons. The van der Waals surface area contributed by atoms with Crippen molar-refractivity contribution in [1.29, 1.82) is 0 Å². The first-order valence-electron chi connectivity index (χ1n) is 4.45. The van der Waals surface area contributed by atoms with E-state index in [-0.39, 0.29) is 11.5 Å². The molecule has 16 heavy (non-hydrogen) atoms. The molecule has 0 saturated carbocycles. The predicted octanol–water partition coefficient (Wildman–Crippen LogP) is 2.18. The fourth-order valence-electron chi connectivity index (χ4n) is 1.28. The number of aryl methyl sites for hydroxylation is 1. The van der Waals surface area contributed by atoms with Gasteiger partial charge in [0.25, 0.3) is 0 Å². The lowest BCUT2D eigenvalue weighted by atomic mass is 10.3. The molecule has 2 N–H and O–H groups in total. The summed E-state index contributed by atoms with van der Waals surface area (Å²) in [6.07, 6.45) is 1.50. The van der Waals surface area contributed by atoms with Gasteiger partial charge in [0, 0.05) is 23.9 Å². The Kier molecular flexibility index (Phi) is 2.34. The van der Waals surface area contributed by atoms with Gasteiger partial charge in [-0.3, -0.25) is 0 Å². The molecule has 0 aliphatic carbocycles. The summed E-state index contributed by atoms with van der Waals surface area (Å²) < 4.78 is 39.8. The van der Waals surface area contributed by atoms with Gasteiger partial charge in [-0.2, -0.15) is 5.10 Å². The average molecular weight is 227 g/mol. The highest BCUT2D eigenvalue weighted by molar-refractivity contribution is 5.41. The number of halogens is 3. The van der Waals surface area contributed by atoms with Crippen LogP contribution in [0.3, 0.4) is 0 Å². The molecule has 6 heteroatoms. The first-order chi connectivity index (χ1) is 7.49. The predicted molar refractivity (Wildman–Crippen MR) is 52.6 cm³/mol. The van der Waals surface area contributed by atoms with Crippen LogP contribution in [0.2, 0.25) is 0 Å². The fraction of sp³-hybridized carbons (Fsp3) is 0.100. The normalized spacial score (nSPS) is 10.8. The Hall–Kier alpha value is -1.98. The lowest BCUT2D eigenvalue weighted by molar-refractivity contribution is 0.446. The van der Waals surface area contributed by atoms with Crippen molar-refractivity contribution in [3.05, 3.63) is 41.3 Å². The molecule has 0 unspecified atom stereocenters. The van der Waals surface area contributed by atoms with Crippen molar-refractivity contribution in [1.82, 2.24) is 9.78 Å². The van der Waals surface area contributed by atoms with Crippen LogP contribution >= 0.6 is 0 Å². The van der Waals surface area contributed by atoms with E-state index in [0.717, 1.165) is 12.1 Å². The molecule has 0 spiro atoms. The van der Waals surface area contributed by atoms with Crippen LogP contribution in [0.5, 0.6) is 0 Å². The SMILES string of the molecule is Cc1cn(-c2cc(F)c(F)c(F)c2)nc1N. The zero-order valence-corrected chi connectivity index (χ0v) is 8.34. The average Bonchev–Trinajstić information content (AvgIpc) is 2.55. The van der Waals surface area contributed by atoms with Crippen molar-refractivity contribution in [3.8, 4) is 5.69 Å². The van der Waals surface area contributed by atoms with Crippen molar-refractivity contribution in [3.63, 3.8) is 0 Å². The third kappa shape index (κ3) is 1.62. The quantitative estimate of drug-likeness (QED) is 0.759. The molecule has 0 fully saturated rings. The first kappa shape index (κ1) is 10.5. The second-order valence-corrected chi connectivity index (χ2v) is 3.37. The van der Waals surface area contributed by atoms with Gasteiger partial charge in [0.1, 0.15) is 5.82 Å². The molecule has 0 bridgehead atoms. The smallest absolute Gasteiger partial charge is 0.194 e. The molecular formula is C10H8F3N3. The second kappa shape index (κ2) is 3.55. The minimum atomic E-state index is -1.50. The number of benzene rings is 1. The number of hydrogen-bond donors (Lipinski definition) is 1. The van der Waals surface area contributed by atoms with Crippen LogP contribution in [0.25, 0.3) is 5.69 Å². The van der Waals surface area contributed by atoms with Crippen LogP contribution in [0, 0.1) is 24.4 Å². The van der Waals surface area contributed by atoms with E-state index >= 15 is 0 Å². The molecule has 1 aromatic carbocycles. The number of nitrogens with zero attached hydrogens (tertiary/aromatic N) is 2. The number of rotatable bonds is 1. The summed E-state index contributed by atoms with van der Waals surface area (Å²) in [7, 11) is 0. The highest BCUT2D eigenvalue weighted by Gasteiger charge is 2.12. The van der Waals surface area contributed by atoms with E-state index in [2.05, 4.69) is 5.10 Å². The van der Waals surface area contributed by atoms with Gasteiger partial charge in [0.2, 0.25) is 0 Å². The molecule has 2 aromatic rings. The van der Waals surface area contributed by atoms with Crippen LogP contribution in [-0.2, 0) is 0 Å². The molecule has 0 aliphatic rings. The Morgan fingerprint density at radius 1 is 1.19 bits per heavy atom. The molecule has 1 aromatic heterocycles. The van der Waals surface area contributed by atoms with Gasteiger partial charge in [-0.1, -0.05) is 0 Å². The standard InChI is InChI=1S/C10H8F3N3/c1-5-4-16(15-10(5)14)6-2-7(11)9(13)8(12)3-6/h2-4H,1H3,(H2,14,15). The van der Waals surface area contributed by atoms with Crippen LogP contribution in [-0.4, -0.2) is 9.78 Å². The monoisotopic (exact) mass is 227 g/mol. The van der Waals surface area contributed by atoms with E-state index in [1.165, 1.54) is 10.9 Å². The summed E-state index contributed by atoms with van der Waals surface area (Å²) in [4.78, 5) is 0. The summed E-state index contributed by atoms with van der Waals surface area (Å²) in [6, 6.07) is 1.70. The van der Waals surface area contributed by atoms with Crippen molar-refractivity contribution in [2.45, 2.75) is 6.92 Å². The van der Waals surface area contributed by atoms with E-state index in [0.29, 0.717) is 5.56 Å². The minimum Gasteiger partial charge on any atom is -0.382 e. The highest BCUT2D eigenvalue weighted by atomic mass is 19.2. The molecule has 2 rings (SSSR count). The van der Waals surface area contributed by atoms with Crippen LogP contribution < -0.4 is 5.73 Å². The number of nitrogens with two attached hydrogens (primary N) is 1. The third-order valence-electron chi connectivity index (χ3n) is 2.17. The molecule has 1 heterocycles. The molecular weight excluding hydrogens is 219 g/mol. The fourth-order valence-corrected chi connectivity index (χ4v) is 1.28. The van der Waals surface area contributed by atoms with Crippen molar-refractivity contribution >= 4 is 5.82 Å². The van der Waals surface area contributed by atoms with Gasteiger partial charge in [-0.15, -0.1) is 0 Å². The van der Waals surface area contributed by atoms with Crippen LogP contribution in [0.15, 0.2) is 18.3 Å². The molecule has 0 atom stereocenters. The second-order valence-electron chi connectivity index (χ2n) is 3.37. The Bertz CT molecular complexity index is 506. The summed E-state index contributed by atoms with van der Waals surface area (Å²) in [5.41, 5.74) is 6.24. The van der Waals surface area contributed by atoms with E-state index in [1.807, 2.05) is 0 Å². The topological polar surface area (TPSA) is 43.8 Å². The zero-order chi connectivity index (χ0) is 11.9. The molecule has 0 saturated heterocycles. The number of hydrogen-bond acceptors (Lipinski definition) is 2. The van der Waals surface area contributed by atoms with Gasteiger partial charge in [-0.25, -0.2) is 17.9 Å². The van der Waals surface area contributed by atoms with E-state index in [4.69, 9.17) is 5.73 Å². The van der Waals surface area contributed by atoms with Crippen molar-refractivity contribution in [2.24, 2.45) is 0 Å². The van der Waals surface area contributed by atoms with E-state index < -0.39 is 17.5 Å². The van der Waals surface area contributed by atoms with Gasteiger partial charge < -0.3 is 5.73 Å². The summed E-state index contributed by atoms with van der Waals surface area (Å²) in [5, 5.41) is 3.83. The lowest BCUT2D eigenvalue weighted by Crippen LogP contribution is -2.00. The minimum absolute atomic E-state index is 0.0798. The lowest BCUT2D eigenvalue weighted by Gasteiger charge is -2.02. The largest absolute Gasteiger partial charge is 0.382 e. The first-order valence-corrected chi connectivity index (χ1v) is 4.45. The summed E-state index contributed by atoms with van der Waals surface area (Å²) >= 11 is 0. The van der Waals surface area contributed by atoms with Gasteiger partial charge >= 0.3 is 0 Å². The van der Waals surface area contributed by atoms with E-state index in [9.17, 15) is 13.2 Å². The van der Waals surface area contributed by atoms with Gasteiger partial charge in [0.15, 0.2) is 17.5 Å². The number of anilines is 1. The maximum absolute atomic E-state index is 12.9. The number of nitrogen functional groups attached to an aromatic ring is 1.